The zero-order chi connectivity index (χ0) is 22.5. The normalized spacial score (nSPS) is 13.9. The van der Waals surface area contributed by atoms with Crippen LogP contribution in [0, 0.1) is 6.92 Å². The van der Waals surface area contributed by atoms with Crippen LogP contribution in [0.4, 0.5) is 0 Å². The lowest BCUT2D eigenvalue weighted by atomic mass is 10.1. The van der Waals surface area contributed by atoms with Gasteiger partial charge >= 0.3 is 5.97 Å². The van der Waals surface area contributed by atoms with Crippen LogP contribution in [0.2, 0.25) is 0 Å². The van der Waals surface area contributed by atoms with Crippen molar-refractivity contribution in [2.75, 3.05) is 6.61 Å². The zero-order valence-corrected chi connectivity index (χ0v) is 18.1. The summed E-state index contributed by atoms with van der Waals surface area (Å²) < 4.78 is 38.1. The van der Waals surface area contributed by atoms with E-state index in [1.54, 1.807) is 61.0 Å². The molecule has 0 saturated heterocycles. The van der Waals surface area contributed by atoms with Crippen LogP contribution in [0.1, 0.15) is 28.9 Å². The zero-order valence-electron chi connectivity index (χ0n) is 17.3. The van der Waals surface area contributed by atoms with Crippen molar-refractivity contribution in [3.05, 3.63) is 65.7 Å². The molecule has 5 rings (SSSR count). The van der Waals surface area contributed by atoms with Crippen LogP contribution >= 0.6 is 0 Å². The monoisotopic (exact) mass is 450 g/mol. The van der Waals surface area contributed by atoms with E-state index in [1.165, 1.54) is 0 Å². The number of ether oxygens (including phenoxy) is 1. The molecular formula is C22H18N4O5S. The van der Waals surface area contributed by atoms with Gasteiger partial charge in [-0.2, -0.15) is 5.10 Å². The Bertz CT molecular complexity index is 1470. The van der Waals surface area contributed by atoms with Gasteiger partial charge in [-0.3, -0.25) is 0 Å². The Morgan fingerprint density at radius 1 is 1.16 bits per heavy atom. The Balaban J connectivity index is 1.76. The van der Waals surface area contributed by atoms with Crippen molar-refractivity contribution >= 4 is 15.8 Å². The largest absolute Gasteiger partial charge is 0.461 e. The van der Waals surface area contributed by atoms with Gasteiger partial charge in [-0.05, 0) is 31.2 Å². The summed E-state index contributed by atoms with van der Waals surface area (Å²) in [4.78, 5) is 12.9. The summed E-state index contributed by atoms with van der Waals surface area (Å²) in [6, 6.07) is 13.9. The van der Waals surface area contributed by atoms with Gasteiger partial charge in [0.05, 0.1) is 28.6 Å². The van der Waals surface area contributed by atoms with Crippen molar-refractivity contribution in [1.29, 1.82) is 0 Å². The number of sulfone groups is 1. The molecule has 0 unspecified atom stereocenters. The van der Waals surface area contributed by atoms with Crippen LogP contribution in [-0.4, -0.2) is 41.0 Å². The molecule has 0 atom stereocenters. The average molecular weight is 450 g/mol. The van der Waals surface area contributed by atoms with Gasteiger partial charge in [0.15, 0.2) is 15.5 Å². The first-order valence-corrected chi connectivity index (χ1v) is 11.6. The molecule has 9 nitrogen and oxygen atoms in total. The third kappa shape index (κ3) is 3.19. The molecular weight excluding hydrogens is 432 g/mol. The molecule has 4 aromatic rings. The number of carbonyl (C=O) groups is 1. The molecule has 162 valence electrons. The van der Waals surface area contributed by atoms with Crippen molar-refractivity contribution < 1.29 is 22.4 Å². The first-order chi connectivity index (χ1) is 15.4. The summed E-state index contributed by atoms with van der Waals surface area (Å²) in [5.74, 6) is -0.221. The second-order valence-corrected chi connectivity index (χ2v) is 9.20. The van der Waals surface area contributed by atoms with Crippen molar-refractivity contribution in [3.63, 3.8) is 0 Å². The molecule has 0 fully saturated rings. The van der Waals surface area contributed by atoms with Gasteiger partial charge in [0.2, 0.25) is 11.8 Å². The van der Waals surface area contributed by atoms with Crippen LogP contribution in [0.25, 0.3) is 28.4 Å². The number of carbonyl (C=O) groups excluding carboxylic acids is 1. The SMILES string of the molecule is CCOC(=O)c1nn(-c2cccc(-c3nnc(C)o3)c2)c2c1CS(=O)(=O)c1ccccc1-2. The van der Waals surface area contributed by atoms with E-state index in [2.05, 4.69) is 15.3 Å². The van der Waals surface area contributed by atoms with Crippen molar-refractivity contribution in [1.82, 2.24) is 20.0 Å². The number of hydrogen-bond donors (Lipinski definition) is 0. The number of fused-ring (bicyclic) bond motifs is 3. The summed E-state index contributed by atoms with van der Waals surface area (Å²) >= 11 is 0. The van der Waals surface area contributed by atoms with Crippen molar-refractivity contribution in [2.24, 2.45) is 0 Å². The molecule has 0 bridgehead atoms. The van der Waals surface area contributed by atoms with Crippen LogP contribution < -0.4 is 0 Å². The fourth-order valence-corrected chi connectivity index (χ4v) is 5.39. The van der Waals surface area contributed by atoms with E-state index in [4.69, 9.17) is 9.15 Å². The average Bonchev–Trinajstić information content (AvgIpc) is 3.38. The molecule has 0 radical (unpaired) electrons. The number of hydrogen-bond acceptors (Lipinski definition) is 8. The molecule has 0 amide bonds. The maximum absolute atomic E-state index is 12.9. The number of aromatic nitrogens is 4. The van der Waals surface area contributed by atoms with E-state index in [1.807, 2.05) is 6.07 Å². The quantitative estimate of drug-likeness (QED) is 0.435. The van der Waals surface area contributed by atoms with Gasteiger partial charge in [0, 0.05) is 23.6 Å². The second kappa shape index (κ2) is 7.41. The van der Waals surface area contributed by atoms with Gasteiger partial charge < -0.3 is 9.15 Å². The first kappa shape index (κ1) is 20.1. The smallest absolute Gasteiger partial charge is 0.359 e. The van der Waals surface area contributed by atoms with Crippen molar-refractivity contribution in [2.45, 2.75) is 24.5 Å². The lowest BCUT2D eigenvalue weighted by Crippen LogP contribution is -2.16. The van der Waals surface area contributed by atoms with E-state index in [-0.39, 0.29) is 22.9 Å². The highest BCUT2D eigenvalue weighted by atomic mass is 32.2. The number of aryl methyl sites for hydroxylation is 1. The third-order valence-electron chi connectivity index (χ3n) is 5.13. The Hall–Kier alpha value is -3.79. The minimum Gasteiger partial charge on any atom is -0.461 e. The van der Waals surface area contributed by atoms with E-state index >= 15 is 0 Å². The van der Waals surface area contributed by atoms with Gasteiger partial charge in [0.1, 0.15) is 0 Å². The first-order valence-electron chi connectivity index (χ1n) is 9.91. The van der Waals surface area contributed by atoms with E-state index < -0.39 is 15.8 Å². The van der Waals surface area contributed by atoms with Crippen LogP contribution in [-0.2, 0) is 20.3 Å². The molecule has 1 aliphatic heterocycles. The molecule has 10 heteroatoms. The summed E-state index contributed by atoms with van der Waals surface area (Å²) in [5, 5.41) is 12.4. The molecule has 0 saturated carbocycles. The van der Waals surface area contributed by atoms with E-state index in [0.29, 0.717) is 39.9 Å². The summed E-state index contributed by atoms with van der Waals surface area (Å²) in [7, 11) is -3.64. The van der Waals surface area contributed by atoms with Gasteiger partial charge in [0.25, 0.3) is 0 Å². The Kier molecular flexibility index (Phi) is 4.66. The molecule has 2 aromatic carbocycles. The number of nitrogens with zero attached hydrogens (tertiary/aromatic N) is 4. The highest BCUT2D eigenvalue weighted by Gasteiger charge is 2.36. The van der Waals surface area contributed by atoms with Crippen LogP contribution in [0.3, 0.4) is 0 Å². The van der Waals surface area contributed by atoms with Gasteiger partial charge in [-0.25, -0.2) is 17.9 Å². The predicted octanol–water partition coefficient (Wildman–Crippen LogP) is 3.36. The third-order valence-corrected chi connectivity index (χ3v) is 6.82. The van der Waals surface area contributed by atoms with Crippen LogP contribution in [0.15, 0.2) is 57.8 Å². The fraction of sp³-hybridized carbons (Fsp3) is 0.182. The molecule has 32 heavy (non-hydrogen) atoms. The number of benzene rings is 2. The standard InChI is InChI=1S/C22H18N4O5S/c1-3-30-22(27)19-17-12-32(28,29)18-10-5-4-9-16(18)20(17)26(25-19)15-8-6-7-14(11-15)21-24-23-13(2)31-21/h4-11H,3,12H2,1-2H3. The number of rotatable bonds is 4. The summed E-state index contributed by atoms with van der Waals surface area (Å²) in [6.45, 7) is 3.53. The Morgan fingerprint density at radius 3 is 2.72 bits per heavy atom. The maximum Gasteiger partial charge on any atom is 0.359 e. The van der Waals surface area contributed by atoms with E-state index in [0.717, 1.165) is 0 Å². The van der Waals surface area contributed by atoms with E-state index in [9.17, 15) is 13.2 Å². The molecule has 2 aromatic heterocycles. The van der Waals surface area contributed by atoms with Crippen LogP contribution in [0.5, 0.6) is 0 Å². The molecule has 3 heterocycles. The van der Waals surface area contributed by atoms with Gasteiger partial charge in [-0.1, -0.05) is 24.3 Å². The summed E-state index contributed by atoms with van der Waals surface area (Å²) in [5.41, 5.74) is 2.61. The Labute approximate surface area is 183 Å². The minimum atomic E-state index is -3.64. The van der Waals surface area contributed by atoms with Crippen molar-refractivity contribution in [3.8, 4) is 28.4 Å². The topological polar surface area (TPSA) is 117 Å². The highest BCUT2D eigenvalue weighted by Crippen LogP contribution is 2.41. The van der Waals surface area contributed by atoms with Gasteiger partial charge in [-0.15, -0.1) is 10.2 Å². The second-order valence-electron chi connectivity index (χ2n) is 7.24. The lowest BCUT2D eigenvalue weighted by Gasteiger charge is -2.19. The maximum atomic E-state index is 12.9. The lowest BCUT2D eigenvalue weighted by molar-refractivity contribution is 0.0518. The molecule has 0 aliphatic carbocycles. The molecule has 1 aliphatic rings. The highest BCUT2D eigenvalue weighted by molar-refractivity contribution is 7.90. The summed E-state index contributed by atoms with van der Waals surface area (Å²) in [6.07, 6.45) is 0. The minimum absolute atomic E-state index is 0.0148. The number of esters is 1. The Morgan fingerprint density at radius 2 is 1.97 bits per heavy atom. The predicted molar refractivity (Wildman–Crippen MR) is 114 cm³/mol. The fourth-order valence-electron chi connectivity index (χ4n) is 3.80. The molecule has 0 N–H and O–H groups in total. The molecule has 0 spiro atoms.